The molecule has 4 rings (SSSR count). The number of nitrogens with two attached hydrogens (primary N) is 1. The van der Waals surface area contributed by atoms with Crippen molar-refractivity contribution in [2.75, 3.05) is 26.2 Å². The highest BCUT2D eigenvalue weighted by molar-refractivity contribution is 5.95. The molecule has 1 heterocycles. The predicted octanol–water partition coefficient (Wildman–Crippen LogP) is 1.81. The highest BCUT2D eigenvalue weighted by Crippen LogP contribution is 2.24. The molecule has 3 aromatic rings. The second-order valence-electron chi connectivity index (χ2n) is 10.7. The zero-order chi connectivity index (χ0) is 29.5. The fraction of sp³-hybridized carbons (Fsp3) is 0.355. The Bertz CT molecular complexity index is 1410. The van der Waals surface area contributed by atoms with Crippen LogP contribution in [0.4, 0.5) is 0 Å². The maximum absolute atomic E-state index is 13.4. The van der Waals surface area contributed by atoms with E-state index in [2.05, 4.69) is 21.3 Å². The molecule has 0 bridgehead atoms. The molecule has 0 atom stereocenters. The zero-order valence-corrected chi connectivity index (χ0v) is 23.4. The highest BCUT2D eigenvalue weighted by atomic mass is 16.5. The van der Waals surface area contributed by atoms with Gasteiger partial charge in [0.1, 0.15) is 11.3 Å². The molecule has 0 saturated carbocycles. The van der Waals surface area contributed by atoms with Crippen LogP contribution in [0.1, 0.15) is 42.6 Å². The lowest BCUT2D eigenvalue weighted by Gasteiger charge is -2.39. The monoisotopic (exact) mass is 559 g/mol. The molecule has 216 valence electrons. The van der Waals surface area contributed by atoms with Crippen molar-refractivity contribution < 1.29 is 23.9 Å². The molecule has 0 unspecified atom stereocenters. The molecule has 4 amide bonds. The summed E-state index contributed by atoms with van der Waals surface area (Å²) in [5.41, 5.74) is 4.13. The molecule has 0 aliphatic carbocycles. The van der Waals surface area contributed by atoms with Crippen molar-refractivity contribution in [3.8, 4) is 5.75 Å². The van der Waals surface area contributed by atoms with Gasteiger partial charge in [0.05, 0.1) is 6.42 Å². The van der Waals surface area contributed by atoms with Gasteiger partial charge in [0.25, 0.3) is 5.91 Å². The first-order valence-electron chi connectivity index (χ1n) is 13.7. The number of fused-ring (bicyclic) bond motifs is 1. The van der Waals surface area contributed by atoms with Crippen LogP contribution in [0.2, 0.25) is 0 Å². The van der Waals surface area contributed by atoms with Crippen LogP contribution in [0, 0.1) is 0 Å². The van der Waals surface area contributed by atoms with Gasteiger partial charge in [0, 0.05) is 18.7 Å². The Morgan fingerprint density at radius 1 is 0.902 bits per heavy atom. The summed E-state index contributed by atoms with van der Waals surface area (Å²) in [6.07, 6.45) is 1.05. The molecular formula is C31H37N5O5. The van der Waals surface area contributed by atoms with Crippen LogP contribution in [-0.4, -0.2) is 60.9 Å². The third-order valence-electron chi connectivity index (χ3n) is 7.27. The number of hydrogen-bond donors (Lipinski definition) is 5. The van der Waals surface area contributed by atoms with Crippen LogP contribution in [0.15, 0.2) is 66.7 Å². The number of ether oxygens (including phenoxy) is 1. The van der Waals surface area contributed by atoms with E-state index in [1.165, 1.54) is 12.1 Å². The van der Waals surface area contributed by atoms with Gasteiger partial charge in [-0.15, -0.1) is 0 Å². The minimum absolute atomic E-state index is 0.136. The van der Waals surface area contributed by atoms with E-state index in [-0.39, 0.29) is 31.3 Å². The number of nitrogens with one attached hydrogen (secondary N) is 4. The molecule has 1 aliphatic heterocycles. The average Bonchev–Trinajstić information content (AvgIpc) is 2.96. The summed E-state index contributed by atoms with van der Waals surface area (Å²) >= 11 is 0. The topological polar surface area (TPSA) is 152 Å². The summed E-state index contributed by atoms with van der Waals surface area (Å²) in [6.45, 7) is 4.83. The third-order valence-corrected chi connectivity index (χ3v) is 7.27. The van der Waals surface area contributed by atoms with E-state index in [9.17, 15) is 19.2 Å². The number of piperidine rings is 1. The molecule has 10 heteroatoms. The van der Waals surface area contributed by atoms with E-state index >= 15 is 0 Å². The van der Waals surface area contributed by atoms with Gasteiger partial charge in [0.2, 0.25) is 17.7 Å². The Balaban J connectivity index is 1.31. The molecule has 10 nitrogen and oxygen atoms in total. The Hall–Kier alpha value is -4.44. The second-order valence-corrected chi connectivity index (χ2v) is 10.7. The summed E-state index contributed by atoms with van der Waals surface area (Å²) in [5, 5.41) is 14.0. The summed E-state index contributed by atoms with van der Waals surface area (Å²) < 4.78 is 5.91. The molecule has 0 spiro atoms. The van der Waals surface area contributed by atoms with Gasteiger partial charge in [-0.3, -0.25) is 19.2 Å². The summed E-state index contributed by atoms with van der Waals surface area (Å²) in [6, 6.07) is 20.0. The fourth-order valence-corrected chi connectivity index (χ4v) is 4.89. The maximum Gasteiger partial charge on any atom is 0.264 e. The van der Waals surface area contributed by atoms with Crippen LogP contribution >= 0.6 is 0 Å². The van der Waals surface area contributed by atoms with E-state index in [1.807, 2.05) is 42.5 Å². The number of carbonyl (C=O) groups is 4. The molecule has 1 fully saturated rings. The van der Waals surface area contributed by atoms with Crippen molar-refractivity contribution in [2.24, 2.45) is 5.73 Å². The number of amides is 4. The number of rotatable bonds is 11. The predicted molar refractivity (Wildman–Crippen MR) is 156 cm³/mol. The van der Waals surface area contributed by atoms with E-state index in [4.69, 9.17) is 10.5 Å². The molecule has 3 aromatic carbocycles. The molecule has 1 aliphatic rings. The number of primary amides is 1. The van der Waals surface area contributed by atoms with Gasteiger partial charge >= 0.3 is 0 Å². The molecule has 6 N–H and O–H groups in total. The van der Waals surface area contributed by atoms with Gasteiger partial charge < -0.3 is 31.7 Å². The molecular weight excluding hydrogens is 522 g/mol. The van der Waals surface area contributed by atoms with Gasteiger partial charge in [-0.2, -0.15) is 0 Å². The van der Waals surface area contributed by atoms with Crippen LogP contribution in [0.5, 0.6) is 5.75 Å². The van der Waals surface area contributed by atoms with Gasteiger partial charge in [-0.1, -0.05) is 42.5 Å². The van der Waals surface area contributed by atoms with Crippen LogP contribution in [0.3, 0.4) is 0 Å². The number of carbonyl (C=O) groups excluding carboxylic acids is 4. The smallest absolute Gasteiger partial charge is 0.264 e. The fourth-order valence-electron chi connectivity index (χ4n) is 4.89. The first kappa shape index (κ1) is 29.5. The highest BCUT2D eigenvalue weighted by Gasteiger charge is 2.44. The normalized spacial score (nSPS) is 14.6. The van der Waals surface area contributed by atoms with Crippen LogP contribution < -0.4 is 31.7 Å². The third kappa shape index (κ3) is 7.40. The van der Waals surface area contributed by atoms with E-state index in [1.54, 1.807) is 26.0 Å². The average molecular weight is 560 g/mol. The Labute approximate surface area is 239 Å². The van der Waals surface area contributed by atoms with E-state index in [0.717, 1.165) is 16.3 Å². The van der Waals surface area contributed by atoms with Crippen molar-refractivity contribution in [3.05, 3.63) is 77.9 Å². The van der Waals surface area contributed by atoms with Gasteiger partial charge in [-0.25, -0.2) is 0 Å². The Morgan fingerprint density at radius 3 is 2.27 bits per heavy atom. The van der Waals surface area contributed by atoms with Crippen LogP contribution in [0.25, 0.3) is 10.8 Å². The summed E-state index contributed by atoms with van der Waals surface area (Å²) in [5.74, 6) is -1.06. The SMILES string of the molecule is CC(C)(Oc1ccc(C(N)=O)cc1)C(=O)NC1(C(=O)NCCNC(=O)Cc2cccc3ccccc23)CCNCC1. The minimum Gasteiger partial charge on any atom is -0.478 e. The van der Waals surface area contributed by atoms with Crippen molar-refractivity contribution >= 4 is 34.4 Å². The molecule has 0 radical (unpaired) electrons. The largest absolute Gasteiger partial charge is 0.478 e. The lowest BCUT2D eigenvalue weighted by Crippen LogP contribution is -2.66. The molecule has 1 saturated heterocycles. The van der Waals surface area contributed by atoms with Crippen molar-refractivity contribution in [1.82, 2.24) is 21.3 Å². The van der Waals surface area contributed by atoms with Crippen LogP contribution in [-0.2, 0) is 20.8 Å². The Morgan fingerprint density at radius 2 is 1.56 bits per heavy atom. The minimum atomic E-state index is -1.30. The lowest BCUT2D eigenvalue weighted by molar-refractivity contribution is -0.142. The zero-order valence-electron chi connectivity index (χ0n) is 23.4. The first-order valence-corrected chi connectivity index (χ1v) is 13.7. The Kier molecular flexibility index (Phi) is 9.24. The number of benzene rings is 3. The summed E-state index contributed by atoms with van der Waals surface area (Å²) in [4.78, 5) is 50.6. The standard InChI is InChI=1S/C31H37N5O5/c1-30(2,41-24-12-10-22(11-13-24)27(32)38)28(39)36-31(14-16-33-17-15-31)29(40)35-19-18-34-26(37)20-23-8-5-7-21-6-3-4-9-25(21)23/h3-13,33H,14-20H2,1-2H3,(H2,32,38)(H,34,37)(H,35,40)(H,36,39). The second kappa shape index (κ2) is 12.8. The van der Waals surface area contributed by atoms with Crippen molar-refractivity contribution in [2.45, 2.75) is 44.2 Å². The van der Waals surface area contributed by atoms with Crippen molar-refractivity contribution in [3.63, 3.8) is 0 Å². The summed E-state index contributed by atoms with van der Waals surface area (Å²) in [7, 11) is 0. The number of hydrogen-bond acceptors (Lipinski definition) is 6. The van der Waals surface area contributed by atoms with Gasteiger partial charge in [0.15, 0.2) is 5.60 Å². The lowest BCUT2D eigenvalue weighted by atomic mass is 9.86. The van der Waals surface area contributed by atoms with E-state index in [0.29, 0.717) is 37.2 Å². The van der Waals surface area contributed by atoms with Gasteiger partial charge in [-0.05, 0) is 80.4 Å². The molecule has 0 aromatic heterocycles. The first-order chi connectivity index (χ1) is 19.6. The van der Waals surface area contributed by atoms with E-state index < -0.39 is 23.0 Å². The molecule has 41 heavy (non-hydrogen) atoms. The van der Waals surface area contributed by atoms with Crippen molar-refractivity contribution in [1.29, 1.82) is 0 Å². The maximum atomic E-state index is 13.4. The quantitative estimate of drug-likeness (QED) is 0.226.